The lowest BCUT2D eigenvalue weighted by atomic mass is 9.91. The molecule has 1 aromatic carbocycles. The lowest BCUT2D eigenvalue weighted by Gasteiger charge is -2.48. The summed E-state index contributed by atoms with van der Waals surface area (Å²) >= 11 is 0. The summed E-state index contributed by atoms with van der Waals surface area (Å²) in [6, 6.07) is 8.39. The lowest BCUT2D eigenvalue weighted by Crippen LogP contribution is -2.62. The van der Waals surface area contributed by atoms with Crippen LogP contribution in [0, 0.1) is 5.92 Å². The molecule has 1 aliphatic carbocycles. The van der Waals surface area contributed by atoms with Gasteiger partial charge in [0.1, 0.15) is 11.9 Å². The molecule has 2 unspecified atom stereocenters. The molecule has 4 aliphatic heterocycles. The van der Waals surface area contributed by atoms with E-state index in [1.807, 2.05) is 12.3 Å². The minimum Gasteiger partial charge on any atom is -0.378 e. The van der Waals surface area contributed by atoms with Crippen molar-refractivity contribution in [1.29, 1.82) is 0 Å². The van der Waals surface area contributed by atoms with Crippen LogP contribution in [0.2, 0.25) is 0 Å². The van der Waals surface area contributed by atoms with E-state index in [-0.39, 0.29) is 23.5 Å². The standard InChI is InChI=1S/C23H28N6O2/c30-21-19-13-16-14-24-22(27-20(16)29(19)23(15-25-21)7-1-2-8-23)26-17-3-5-18(6-4-17)28-9-11-31-12-10-28/h3-6,13-14,16,20H,1-2,7-12,15H2,(H,25,30)(H,26,27). The maximum Gasteiger partial charge on any atom is 0.267 e. The molecule has 8 nitrogen and oxygen atoms in total. The number of amides is 1. The Hall–Kier alpha value is -2.87. The van der Waals surface area contributed by atoms with Crippen molar-refractivity contribution < 1.29 is 9.53 Å². The van der Waals surface area contributed by atoms with Crippen molar-refractivity contribution >= 4 is 29.5 Å². The molecule has 0 bridgehead atoms. The smallest absolute Gasteiger partial charge is 0.267 e. The van der Waals surface area contributed by atoms with Crippen LogP contribution in [0.4, 0.5) is 11.4 Å². The van der Waals surface area contributed by atoms with Gasteiger partial charge in [-0.1, -0.05) is 12.8 Å². The van der Waals surface area contributed by atoms with Crippen molar-refractivity contribution in [2.24, 2.45) is 15.9 Å². The number of carbonyl (C=O) groups is 1. The molecular weight excluding hydrogens is 392 g/mol. The van der Waals surface area contributed by atoms with E-state index in [1.165, 1.54) is 18.5 Å². The summed E-state index contributed by atoms with van der Waals surface area (Å²) in [5.74, 6) is 0.670. The maximum absolute atomic E-state index is 12.6. The van der Waals surface area contributed by atoms with Crippen LogP contribution in [-0.2, 0) is 9.53 Å². The molecule has 3 fully saturated rings. The highest BCUT2D eigenvalue weighted by atomic mass is 16.5. The molecule has 4 heterocycles. The minimum atomic E-state index is -0.0910. The van der Waals surface area contributed by atoms with Gasteiger partial charge < -0.3 is 25.2 Å². The van der Waals surface area contributed by atoms with Crippen molar-refractivity contribution in [3.8, 4) is 0 Å². The van der Waals surface area contributed by atoms with Gasteiger partial charge in [0.15, 0.2) is 0 Å². The number of fused-ring (bicyclic) bond motifs is 4. The van der Waals surface area contributed by atoms with E-state index in [0.29, 0.717) is 12.5 Å². The molecule has 2 saturated heterocycles. The Kier molecular flexibility index (Phi) is 4.49. The predicted molar refractivity (Wildman–Crippen MR) is 120 cm³/mol. The van der Waals surface area contributed by atoms with Crippen LogP contribution in [0.25, 0.3) is 0 Å². The SMILES string of the molecule is O=C1NCC2(CCCC2)N2C1=CC1C=NC(Nc3ccc(N4CCOCC4)cc3)=NC12. The van der Waals surface area contributed by atoms with E-state index >= 15 is 0 Å². The molecule has 8 heteroatoms. The Labute approximate surface area is 182 Å². The first-order chi connectivity index (χ1) is 15.2. The van der Waals surface area contributed by atoms with Crippen molar-refractivity contribution in [1.82, 2.24) is 10.2 Å². The summed E-state index contributed by atoms with van der Waals surface area (Å²) in [6.45, 7) is 4.12. The highest BCUT2D eigenvalue weighted by molar-refractivity contribution is 6.02. The van der Waals surface area contributed by atoms with E-state index in [9.17, 15) is 4.79 Å². The number of guanidine groups is 1. The highest BCUT2D eigenvalue weighted by Crippen LogP contribution is 2.45. The van der Waals surface area contributed by atoms with Crippen LogP contribution in [0.1, 0.15) is 25.7 Å². The number of ether oxygens (including phenoxy) is 1. The van der Waals surface area contributed by atoms with E-state index in [1.54, 1.807) is 0 Å². The first-order valence-electron chi connectivity index (χ1n) is 11.3. The van der Waals surface area contributed by atoms with Crippen LogP contribution in [0.3, 0.4) is 0 Å². The Morgan fingerprint density at radius 1 is 1.13 bits per heavy atom. The number of rotatable bonds is 2. The molecule has 0 radical (unpaired) electrons. The van der Waals surface area contributed by atoms with E-state index in [4.69, 9.17) is 9.73 Å². The highest BCUT2D eigenvalue weighted by Gasteiger charge is 2.53. The number of nitrogens with one attached hydrogen (secondary N) is 2. The number of aliphatic imine (C=N–C) groups is 2. The molecule has 31 heavy (non-hydrogen) atoms. The second-order valence-corrected chi connectivity index (χ2v) is 9.03. The number of nitrogens with zero attached hydrogens (tertiary/aromatic N) is 4. The number of benzene rings is 1. The molecular formula is C23H28N6O2. The lowest BCUT2D eigenvalue weighted by molar-refractivity contribution is -0.123. The Morgan fingerprint density at radius 3 is 2.68 bits per heavy atom. The van der Waals surface area contributed by atoms with Crippen molar-refractivity contribution in [2.45, 2.75) is 37.4 Å². The van der Waals surface area contributed by atoms with Gasteiger partial charge in [0.2, 0.25) is 5.96 Å². The molecule has 1 saturated carbocycles. The zero-order valence-corrected chi connectivity index (χ0v) is 17.6. The first kappa shape index (κ1) is 18.9. The summed E-state index contributed by atoms with van der Waals surface area (Å²) in [6.07, 6.45) is 8.50. The largest absolute Gasteiger partial charge is 0.378 e. The number of morpholine rings is 1. The van der Waals surface area contributed by atoms with E-state index < -0.39 is 0 Å². The molecule has 6 rings (SSSR count). The summed E-state index contributed by atoms with van der Waals surface area (Å²) in [5.41, 5.74) is 2.94. The quantitative estimate of drug-likeness (QED) is 0.765. The number of anilines is 2. The van der Waals surface area contributed by atoms with Crippen molar-refractivity contribution in [2.75, 3.05) is 43.1 Å². The summed E-state index contributed by atoms with van der Waals surface area (Å²) in [4.78, 5) is 26.7. The second-order valence-electron chi connectivity index (χ2n) is 9.03. The molecule has 162 valence electrons. The van der Waals surface area contributed by atoms with Crippen LogP contribution in [0.5, 0.6) is 0 Å². The topological polar surface area (TPSA) is 81.6 Å². The van der Waals surface area contributed by atoms with Gasteiger partial charge in [-0.2, -0.15) is 0 Å². The third-order valence-corrected chi connectivity index (χ3v) is 7.20. The third-order valence-electron chi connectivity index (χ3n) is 7.20. The molecule has 1 aromatic rings. The average Bonchev–Trinajstić information content (AvgIpc) is 3.43. The fraction of sp³-hybridized carbons (Fsp3) is 0.522. The zero-order chi connectivity index (χ0) is 20.8. The van der Waals surface area contributed by atoms with Gasteiger partial charge in [0.05, 0.1) is 24.7 Å². The van der Waals surface area contributed by atoms with Crippen LogP contribution < -0.4 is 15.5 Å². The van der Waals surface area contributed by atoms with Crippen LogP contribution in [-0.4, -0.2) is 67.5 Å². The molecule has 2 N–H and O–H groups in total. The van der Waals surface area contributed by atoms with Crippen LogP contribution in [0.15, 0.2) is 46.0 Å². The third kappa shape index (κ3) is 3.20. The zero-order valence-electron chi connectivity index (χ0n) is 17.6. The van der Waals surface area contributed by atoms with Gasteiger partial charge in [-0.25, -0.2) is 9.98 Å². The Morgan fingerprint density at radius 2 is 1.90 bits per heavy atom. The molecule has 2 atom stereocenters. The molecule has 0 aromatic heterocycles. The summed E-state index contributed by atoms with van der Waals surface area (Å²) < 4.78 is 5.44. The van der Waals surface area contributed by atoms with Gasteiger partial charge in [-0.15, -0.1) is 0 Å². The van der Waals surface area contributed by atoms with Gasteiger partial charge >= 0.3 is 0 Å². The average molecular weight is 421 g/mol. The van der Waals surface area contributed by atoms with Gasteiger partial charge in [-0.3, -0.25) is 4.79 Å². The second kappa shape index (κ2) is 7.37. The Bertz CT molecular complexity index is 957. The predicted octanol–water partition coefficient (Wildman–Crippen LogP) is 1.96. The van der Waals surface area contributed by atoms with E-state index in [0.717, 1.165) is 50.5 Å². The normalized spacial score (nSPS) is 28.7. The monoisotopic (exact) mass is 420 g/mol. The minimum absolute atomic E-state index is 0.00123. The van der Waals surface area contributed by atoms with Crippen LogP contribution >= 0.6 is 0 Å². The Balaban J connectivity index is 1.21. The number of piperazine rings is 1. The molecule has 1 spiro atoms. The fourth-order valence-electron chi connectivity index (χ4n) is 5.61. The van der Waals surface area contributed by atoms with Gasteiger partial charge in [-0.05, 0) is 43.2 Å². The number of hydrogen-bond donors (Lipinski definition) is 2. The van der Waals surface area contributed by atoms with Gasteiger partial charge in [0, 0.05) is 37.2 Å². The first-order valence-corrected chi connectivity index (χ1v) is 11.3. The fourth-order valence-corrected chi connectivity index (χ4v) is 5.61. The van der Waals surface area contributed by atoms with Crippen molar-refractivity contribution in [3.63, 3.8) is 0 Å². The number of carbonyl (C=O) groups excluding carboxylic acids is 1. The van der Waals surface area contributed by atoms with Gasteiger partial charge in [0.25, 0.3) is 5.91 Å². The molecule has 5 aliphatic rings. The van der Waals surface area contributed by atoms with E-state index in [2.05, 4.69) is 49.7 Å². The summed E-state index contributed by atoms with van der Waals surface area (Å²) in [7, 11) is 0. The van der Waals surface area contributed by atoms with Crippen molar-refractivity contribution in [3.05, 3.63) is 36.0 Å². The maximum atomic E-state index is 12.6. The molecule has 1 amide bonds. The number of hydrogen-bond acceptors (Lipinski definition) is 7. The summed E-state index contributed by atoms with van der Waals surface area (Å²) in [5, 5.41) is 6.48.